The first-order valence-electron chi connectivity index (χ1n) is 6.62. The molecular weight excluding hydrogens is 240 g/mol. The second-order valence-electron chi connectivity index (χ2n) is 4.81. The molecule has 2 unspecified atom stereocenters. The molecule has 0 bridgehead atoms. The number of benzene rings is 1. The summed E-state index contributed by atoms with van der Waals surface area (Å²) in [4.78, 5) is 3.47. The molecule has 0 amide bonds. The zero-order chi connectivity index (χ0) is 13.0. The van der Waals surface area contributed by atoms with E-state index < -0.39 is 0 Å². The second kappa shape index (κ2) is 6.30. The SMILES string of the molecule is CCC(C)C(CSc1cc2ccccc2[nH]1)NC. The summed E-state index contributed by atoms with van der Waals surface area (Å²) in [5, 5.41) is 5.98. The normalized spacial score (nSPS) is 14.8. The van der Waals surface area contributed by atoms with Gasteiger partial charge in [0.1, 0.15) is 0 Å². The maximum Gasteiger partial charge on any atom is 0.0733 e. The van der Waals surface area contributed by atoms with Crippen molar-refractivity contribution >= 4 is 22.7 Å². The van der Waals surface area contributed by atoms with Crippen LogP contribution in [0.2, 0.25) is 0 Å². The molecule has 0 aliphatic heterocycles. The molecule has 0 radical (unpaired) electrons. The summed E-state index contributed by atoms with van der Waals surface area (Å²) in [5.41, 5.74) is 1.23. The number of thioether (sulfide) groups is 1. The number of nitrogens with one attached hydrogen (secondary N) is 2. The maximum absolute atomic E-state index is 3.47. The van der Waals surface area contributed by atoms with Crippen molar-refractivity contribution in [1.82, 2.24) is 10.3 Å². The summed E-state index contributed by atoms with van der Waals surface area (Å²) < 4.78 is 0. The van der Waals surface area contributed by atoms with Gasteiger partial charge in [0.05, 0.1) is 5.03 Å². The Kier molecular flexibility index (Phi) is 4.72. The Morgan fingerprint density at radius 3 is 2.78 bits per heavy atom. The van der Waals surface area contributed by atoms with Crippen molar-refractivity contribution in [2.75, 3.05) is 12.8 Å². The first-order chi connectivity index (χ1) is 8.74. The predicted octanol–water partition coefficient (Wildman–Crippen LogP) is 3.89. The van der Waals surface area contributed by atoms with E-state index in [9.17, 15) is 0 Å². The smallest absolute Gasteiger partial charge is 0.0733 e. The molecule has 18 heavy (non-hydrogen) atoms. The molecule has 0 aliphatic rings. The maximum atomic E-state index is 3.47. The zero-order valence-electron chi connectivity index (χ0n) is 11.4. The fourth-order valence-electron chi connectivity index (χ4n) is 2.12. The molecule has 98 valence electrons. The summed E-state index contributed by atoms with van der Waals surface area (Å²) in [7, 11) is 2.06. The monoisotopic (exact) mass is 262 g/mol. The molecule has 0 aliphatic carbocycles. The third-order valence-electron chi connectivity index (χ3n) is 3.63. The number of fused-ring (bicyclic) bond motifs is 1. The summed E-state index contributed by atoms with van der Waals surface area (Å²) in [6, 6.07) is 11.3. The lowest BCUT2D eigenvalue weighted by molar-refractivity contribution is 0.420. The minimum Gasteiger partial charge on any atom is -0.350 e. The lowest BCUT2D eigenvalue weighted by atomic mass is 10.0. The summed E-state index contributed by atoms with van der Waals surface area (Å²) in [6.45, 7) is 4.57. The van der Waals surface area contributed by atoms with Crippen molar-refractivity contribution in [3.8, 4) is 0 Å². The van der Waals surface area contributed by atoms with E-state index in [2.05, 4.69) is 61.5 Å². The number of para-hydroxylation sites is 1. The average Bonchev–Trinajstić information content (AvgIpc) is 2.81. The largest absolute Gasteiger partial charge is 0.350 e. The number of rotatable bonds is 6. The Bertz CT molecular complexity index is 459. The molecule has 3 heteroatoms. The van der Waals surface area contributed by atoms with Crippen molar-refractivity contribution in [2.24, 2.45) is 5.92 Å². The topological polar surface area (TPSA) is 27.8 Å². The number of H-pyrrole nitrogens is 1. The first kappa shape index (κ1) is 13.5. The zero-order valence-corrected chi connectivity index (χ0v) is 12.2. The van der Waals surface area contributed by atoms with Crippen LogP contribution in [0, 0.1) is 5.92 Å². The van der Waals surface area contributed by atoms with Gasteiger partial charge < -0.3 is 10.3 Å². The highest BCUT2D eigenvalue weighted by atomic mass is 32.2. The molecule has 0 saturated carbocycles. The summed E-state index contributed by atoms with van der Waals surface area (Å²) in [6.07, 6.45) is 1.22. The van der Waals surface area contributed by atoms with E-state index in [4.69, 9.17) is 0 Å². The molecule has 1 aromatic carbocycles. The molecule has 2 rings (SSSR count). The minimum absolute atomic E-state index is 0.575. The third-order valence-corrected chi connectivity index (χ3v) is 4.68. The second-order valence-corrected chi connectivity index (χ2v) is 5.87. The molecule has 0 saturated heterocycles. The number of hydrogen-bond donors (Lipinski definition) is 2. The van der Waals surface area contributed by atoms with Crippen molar-refractivity contribution in [3.63, 3.8) is 0 Å². The Balaban J connectivity index is 2.00. The van der Waals surface area contributed by atoms with Crippen LogP contribution in [0.3, 0.4) is 0 Å². The number of hydrogen-bond acceptors (Lipinski definition) is 2. The van der Waals surface area contributed by atoms with Gasteiger partial charge in [-0.25, -0.2) is 0 Å². The van der Waals surface area contributed by atoms with E-state index >= 15 is 0 Å². The molecular formula is C15H22N2S. The van der Waals surface area contributed by atoms with Crippen LogP contribution in [0.25, 0.3) is 10.9 Å². The quantitative estimate of drug-likeness (QED) is 0.773. The molecule has 2 nitrogen and oxygen atoms in total. The standard InChI is InChI=1S/C15H22N2S/c1-4-11(2)14(16-3)10-18-15-9-12-7-5-6-8-13(12)17-15/h5-9,11,14,16-17H,4,10H2,1-3H3. The Morgan fingerprint density at radius 1 is 1.33 bits per heavy atom. The molecule has 1 heterocycles. The van der Waals surface area contributed by atoms with Crippen molar-refractivity contribution < 1.29 is 0 Å². The Hall–Kier alpha value is -0.930. The van der Waals surface area contributed by atoms with Crippen LogP contribution < -0.4 is 5.32 Å². The molecule has 0 fully saturated rings. The fraction of sp³-hybridized carbons (Fsp3) is 0.467. The van der Waals surface area contributed by atoms with Gasteiger partial charge in [-0.1, -0.05) is 38.5 Å². The van der Waals surface area contributed by atoms with Crippen LogP contribution >= 0.6 is 11.8 Å². The van der Waals surface area contributed by atoms with E-state index in [1.807, 2.05) is 11.8 Å². The third kappa shape index (κ3) is 3.09. The van der Waals surface area contributed by atoms with Crippen LogP contribution in [0.4, 0.5) is 0 Å². The van der Waals surface area contributed by atoms with Gasteiger partial charge in [-0.15, -0.1) is 11.8 Å². The Morgan fingerprint density at radius 2 is 2.11 bits per heavy atom. The van der Waals surface area contributed by atoms with Crippen LogP contribution in [-0.4, -0.2) is 23.8 Å². The van der Waals surface area contributed by atoms with Gasteiger partial charge in [-0.3, -0.25) is 0 Å². The average molecular weight is 262 g/mol. The van der Waals surface area contributed by atoms with Gasteiger partial charge >= 0.3 is 0 Å². The van der Waals surface area contributed by atoms with Gasteiger partial charge in [-0.2, -0.15) is 0 Å². The number of aromatic amines is 1. The summed E-state index contributed by atoms with van der Waals surface area (Å²) in [5.74, 6) is 1.82. The van der Waals surface area contributed by atoms with Crippen molar-refractivity contribution in [3.05, 3.63) is 30.3 Å². The van der Waals surface area contributed by atoms with Crippen LogP contribution in [0.1, 0.15) is 20.3 Å². The van der Waals surface area contributed by atoms with Crippen molar-refractivity contribution in [2.45, 2.75) is 31.3 Å². The van der Waals surface area contributed by atoms with E-state index in [0.717, 1.165) is 5.75 Å². The Labute approximate surface area is 114 Å². The van der Waals surface area contributed by atoms with Crippen LogP contribution in [0.15, 0.2) is 35.4 Å². The van der Waals surface area contributed by atoms with Gasteiger partial charge in [0.25, 0.3) is 0 Å². The van der Waals surface area contributed by atoms with Gasteiger partial charge in [-0.05, 0) is 25.1 Å². The van der Waals surface area contributed by atoms with Crippen LogP contribution in [0.5, 0.6) is 0 Å². The minimum atomic E-state index is 0.575. The van der Waals surface area contributed by atoms with E-state index in [1.54, 1.807) is 0 Å². The lowest BCUT2D eigenvalue weighted by Crippen LogP contribution is -2.34. The first-order valence-corrected chi connectivity index (χ1v) is 7.61. The van der Waals surface area contributed by atoms with E-state index in [1.165, 1.54) is 22.3 Å². The highest BCUT2D eigenvalue weighted by Gasteiger charge is 2.14. The van der Waals surface area contributed by atoms with Gasteiger partial charge in [0, 0.05) is 22.7 Å². The molecule has 2 aromatic rings. The number of aromatic nitrogens is 1. The highest BCUT2D eigenvalue weighted by molar-refractivity contribution is 7.99. The van der Waals surface area contributed by atoms with Gasteiger partial charge in [0.2, 0.25) is 0 Å². The summed E-state index contributed by atoms with van der Waals surface area (Å²) >= 11 is 1.90. The predicted molar refractivity (Wildman–Crippen MR) is 81.3 cm³/mol. The van der Waals surface area contributed by atoms with Gasteiger partial charge in [0.15, 0.2) is 0 Å². The molecule has 0 spiro atoms. The van der Waals surface area contributed by atoms with E-state index in [0.29, 0.717) is 12.0 Å². The molecule has 1 aromatic heterocycles. The van der Waals surface area contributed by atoms with E-state index in [-0.39, 0.29) is 0 Å². The van der Waals surface area contributed by atoms with Crippen LogP contribution in [-0.2, 0) is 0 Å². The highest BCUT2D eigenvalue weighted by Crippen LogP contribution is 2.25. The fourth-order valence-corrected chi connectivity index (χ4v) is 3.37. The molecule has 2 N–H and O–H groups in total. The van der Waals surface area contributed by atoms with Crippen molar-refractivity contribution in [1.29, 1.82) is 0 Å². The molecule has 2 atom stereocenters. The lowest BCUT2D eigenvalue weighted by Gasteiger charge is -2.21.